The van der Waals surface area contributed by atoms with Gasteiger partial charge in [-0.15, -0.1) is 0 Å². The van der Waals surface area contributed by atoms with Gasteiger partial charge in [0.25, 0.3) is 5.91 Å². The van der Waals surface area contributed by atoms with E-state index in [2.05, 4.69) is 21.9 Å². The van der Waals surface area contributed by atoms with Crippen molar-refractivity contribution in [3.05, 3.63) is 71.4 Å². The molecule has 0 saturated carbocycles. The van der Waals surface area contributed by atoms with Crippen molar-refractivity contribution in [1.29, 1.82) is 0 Å². The van der Waals surface area contributed by atoms with Crippen molar-refractivity contribution in [2.75, 3.05) is 25.9 Å². The quantitative estimate of drug-likeness (QED) is 0.616. The minimum atomic E-state index is -0.316. The van der Waals surface area contributed by atoms with Crippen LogP contribution in [-0.2, 0) is 12.0 Å². The number of aryl methyl sites for hydroxylation is 1. The van der Waals surface area contributed by atoms with Gasteiger partial charge < -0.3 is 20.1 Å². The standard InChI is InChI=1S/C25H29N5O3/c1-17-28-21(14-22(26)29-17)25(2)11-7-13-30(16-25)24(31)19-9-6-10-20(32-3)23(19)33-15-18-8-4-5-12-27-18/h4-6,8-10,12,14H,7,11,13,15-16H2,1-3H3,(H2,26,28,29). The number of benzene rings is 1. The molecule has 1 unspecified atom stereocenters. The molecular formula is C25H29N5O3. The van der Waals surface area contributed by atoms with Gasteiger partial charge in [-0.25, -0.2) is 9.97 Å². The van der Waals surface area contributed by atoms with Crippen LogP contribution >= 0.6 is 0 Å². The molecule has 1 fully saturated rings. The number of pyridine rings is 1. The number of nitrogens with two attached hydrogens (primary N) is 1. The number of hydrogen-bond donors (Lipinski definition) is 1. The summed E-state index contributed by atoms with van der Waals surface area (Å²) in [7, 11) is 1.57. The zero-order valence-electron chi connectivity index (χ0n) is 19.2. The molecule has 1 aliphatic heterocycles. The Labute approximate surface area is 193 Å². The highest BCUT2D eigenvalue weighted by molar-refractivity contribution is 5.98. The van der Waals surface area contributed by atoms with E-state index in [-0.39, 0.29) is 17.9 Å². The fraction of sp³-hybridized carbons (Fsp3) is 0.360. The summed E-state index contributed by atoms with van der Waals surface area (Å²) < 4.78 is 11.6. The van der Waals surface area contributed by atoms with Crippen molar-refractivity contribution in [3.8, 4) is 11.5 Å². The number of para-hydroxylation sites is 1. The number of amides is 1. The normalized spacial score (nSPS) is 18.1. The summed E-state index contributed by atoms with van der Waals surface area (Å²) in [6, 6.07) is 12.8. The maximum absolute atomic E-state index is 13.7. The number of likely N-dealkylation sites (tertiary alicyclic amines) is 1. The molecule has 172 valence electrons. The van der Waals surface area contributed by atoms with Gasteiger partial charge in [0, 0.05) is 30.8 Å². The van der Waals surface area contributed by atoms with Crippen LogP contribution in [0, 0.1) is 6.92 Å². The third-order valence-corrected chi connectivity index (χ3v) is 5.98. The van der Waals surface area contributed by atoms with Gasteiger partial charge in [-0.3, -0.25) is 9.78 Å². The molecule has 2 aromatic heterocycles. The predicted molar refractivity (Wildman–Crippen MR) is 125 cm³/mol. The van der Waals surface area contributed by atoms with E-state index in [1.54, 1.807) is 31.5 Å². The van der Waals surface area contributed by atoms with Gasteiger partial charge >= 0.3 is 0 Å². The lowest BCUT2D eigenvalue weighted by atomic mass is 9.78. The van der Waals surface area contributed by atoms with E-state index in [9.17, 15) is 4.79 Å². The number of nitrogens with zero attached hydrogens (tertiary/aromatic N) is 4. The molecule has 0 radical (unpaired) electrons. The van der Waals surface area contributed by atoms with E-state index in [0.717, 1.165) is 24.2 Å². The molecule has 1 saturated heterocycles. The van der Waals surface area contributed by atoms with Crippen LogP contribution in [0.15, 0.2) is 48.7 Å². The Morgan fingerprint density at radius 3 is 2.79 bits per heavy atom. The summed E-state index contributed by atoms with van der Waals surface area (Å²) in [6.07, 6.45) is 3.48. The largest absolute Gasteiger partial charge is 0.493 e. The van der Waals surface area contributed by atoms with Crippen LogP contribution in [0.4, 0.5) is 5.82 Å². The Bertz CT molecular complexity index is 1120. The van der Waals surface area contributed by atoms with Crippen LogP contribution < -0.4 is 15.2 Å². The maximum Gasteiger partial charge on any atom is 0.257 e. The molecule has 8 nitrogen and oxygen atoms in total. The van der Waals surface area contributed by atoms with Crippen molar-refractivity contribution in [2.45, 2.75) is 38.7 Å². The lowest BCUT2D eigenvalue weighted by Gasteiger charge is -2.40. The number of rotatable bonds is 6. The van der Waals surface area contributed by atoms with Crippen LogP contribution in [0.1, 0.15) is 47.3 Å². The van der Waals surface area contributed by atoms with Gasteiger partial charge in [0.15, 0.2) is 11.5 Å². The summed E-state index contributed by atoms with van der Waals surface area (Å²) in [5, 5.41) is 0. The minimum Gasteiger partial charge on any atom is -0.493 e. The molecule has 4 rings (SSSR count). The van der Waals surface area contributed by atoms with Gasteiger partial charge in [-0.05, 0) is 44.0 Å². The Balaban J connectivity index is 1.60. The number of anilines is 1. The summed E-state index contributed by atoms with van der Waals surface area (Å²) >= 11 is 0. The average molecular weight is 448 g/mol. The highest BCUT2D eigenvalue weighted by Crippen LogP contribution is 2.37. The van der Waals surface area contributed by atoms with Gasteiger partial charge in [-0.2, -0.15) is 0 Å². The first-order chi connectivity index (χ1) is 15.9. The zero-order chi connectivity index (χ0) is 23.4. The predicted octanol–water partition coefficient (Wildman–Crippen LogP) is 3.54. The van der Waals surface area contributed by atoms with Crippen molar-refractivity contribution < 1.29 is 14.3 Å². The zero-order valence-corrected chi connectivity index (χ0v) is 19.2. The molecule has 8 heteroatoms. The number of aromatic nitrogens is 3. The van der Waals surface area contributed by atoms with E-state index < -0.39 is 0 Å². The van der Waals surface area contributed by atoms with E-state index in [1.165, 1.54) is 0 Å². The molecular weight excluding hydrogens is 418 g/mol. The Morgan fingerprint density at radius 2 is 2.06 bits per heavy atom. The summed E-state index contributed by atoms with van der Waals surface area (Å²) in [5.74, 6) is 1.91. The van der Waals surface area contributed by atoms with Crippen molar-refractivity contribution in [2.24, 2.45) is 0 Å². The lowest BCUT2D eigenvalue weighted by molar-refractivity contribution is 0.0642. The summed E-state index contributed by atoms with van der Waals surface area (Å²) in [5.41, 5.74) is 7.76. The molecule has 1 amide bonds. The fourth-order valence-corrected chi connectivity index (χ4v) is 4.32. The van der Waals surface area contributed by atoms with Gasteiger partial charge in [-0.1, -0.05) is 19.1 Å². The smallest absolute Gasteiger partial charge is 0.257 e. The van der Waals surface area contributed by atoms with Crippen LogP contribution in [0.5, 0.6) is 11.5 Å². The van der Waals surface area contributed by atoms with Crippen LogP contribution in [0.3, 0.4) is 0 Å². The molecule has 1 aromatic carbocycles. The molecule has 3 heterocycles. The number of piperidine rings is 1. The molecule has 0 aliphatic carbocycles. The first-order valence-electron chi connectivity index (χ1n) is 11.0. The number of carbonyl (C=O) groups excluding carboxylic acids is 1. The highest BCUT2D eigenvalue weighted by Gasteiger charge is 2.37. The first kappa shape index (κ1) is 22.5. The number of ether oxygens (including phenoxy) is 2. The molecule has 3 aromatic rings. The van der Waals surface area contributed by atoms with Crippen LogP contribution in [0.25, 0.3) is 0 Å². The minimum absolute atomic E-state index is 0.102. The van der Waals surface area contributed by atoms with Crippen molar-refractivity contribution in [1.82, 2.24) is 19.9 Å². The molecule has 33 heavy (non-hydrogen) atoms. The van der Waals surface area contributed by atoms with Crippen molar-refractivity contribution >= 4 is 11.7 Å². The summed E-state index contributed by atoms with van der Waals surface area (Å²) in [4.78, 5) is 28.6. The second-order valence-electron chi connectivity index (χ2n) is 8.56. The molecule has 1 atom stereocenters. The van der Waals surface area contributed by atoms with Gasteiger partial charge in [0.2, 0.25) is 0 Å². The second kappa shape index (κ2) is 9.44. The number of carbonyl (C=O) groups is 1. The third kappa shape index (κ3) is 4.89. The van der Waals surface area contributed by atoms with E-state index in [1.807, 2.05) is 36.1 Å². The van der Waals surface area contributed by atoms with Crippen molar-refractivity contribution in [3.63, 3.8) is 0 Å². The molecule has 0 bridgehead atoms. The molecule has 2 N–H and O–H groups in total. The van der Waals surface area contributed by atoms with Gasteiger partial charge in [0.05, 0.1) is 24.1 Å². The topological polar surface area (TPSA) is 103 Å². The summed E-state index contributed by atoms with van der Waals surface area (Å²) in [6.45, 7) is 5.37. The molecule has 1 aliphatic rings. The third-order valence-electron chi connectivity index (χ3n) is 5.98. The monoisotopic (exact) mass is 447 g/mol. The Morgan fingerprint density at radius 1 is 1.21 bits per heavy atom. The SMILES string of the molecule is COc1cccc(C(=O)N2CCCC(C)(c3cc(N)nc(C)n3)C2)c1OCc1ccccn1. The van der Waals surface area contributed by atoms with Gasteiger partial charge in [0.1, 0.15) is 18.2 Å². The van der Waals surface area contributed by atoms with Crippen LogP contribution in [-0.4, -0.2) is 46.0 Å². The first-order valence-corrected chi connectivity index (χ1v) is 11.0. The van der Waals surface area contributed by atoms with E-state index in [0.29, 0.717) is 41.8 Å². The second-order valence-corrected chi connectivity index (χ2v) is 8.56. The van der Waals surface area contributed by atoms with Crippen LogP contribution in [0.2, 0.25) is 0 Å². The molecule has 0 spiro atoms. The fourth-order valence-electron chi connectivity index (χ4n) is 4.32. The van der Waals surface area contributed by atoms with E-state index in [4.69, 9.17) is 15.2 Å². The number of hydrogen-bond acceptors (Lipinski definition) is 7. The maximum atomic E-state index is 13.7. The Hall–Kier alpha value is -3.68. The number of nitrogen functional groups attached to an aromatic ring is 1. The van der Waals surface area contributed by atoms with E-state index >= 15 is 0 Å². The highest BCUT2D eigenvalue weighted by atomic mass is 16.5. The lowest BCUT2D eigenvalue weighted by Crippen LogP contribution is -2.47. The number of methoxy groups -OCH3 is 1. The Kier molecular flexibility index (Phi) is 6.44. The average Bonchev–Trinajstić information content (AvgIpc) is 2.82.